The second-order valence-electron chi connectivity index (χ2n) is 3.72. The fraction of sp³-hybridized carbons (Fsp3) is 0.400. The molecule has 90 valence electrons. The summed E-state index contributed by atoms with van der Waals surface area (Å²) in [5.74, 6) is 1.06. The Hall–Kier alpha value is -2.18. The Bertz CT molecular complexity index is 479. The van der Waals surface area contributed by atoms with Gasteiger partial charge in [-0.25, -0.2) is 4.68 Å². The van der Waals surface area contributed by atoms with E-state index < -0.39 is 0 Å². The molecule has 0 aromatic carbocycles. The van der Waals surface area contributed by atoms with Crippen molar-refractivity contribution in [1.82, 2.24) is 24.7 Å². The Morgan fingerprint density at radius 1 is 1.41 bits per heavy atom. The number of nitrogen functional groups attached to an aromatic ring is 1. The van der Waals surface area contributed by atoms with Crippen LogP contribution in [0.2, 0.25) is 0 Å². The van der Waals surface area contributed by atoms with Crippen LogP contribution in [0.15, 0.2) is 18.5 Å². The van der Waals surface area contributed by atoms with Crippen molar-refractivity contribution >= 4 is 11.9 Å². The monoisotopic (exact) mass is 233 g/mol. The molecule has 17 heavy (non-hydrogen) atoms. The molecule has 0 aliphatic carbocycles. The van der Waals surface area contributed by atoms with E-state index in [1.165, 1.54) is 0 Å². The van der Waals surface area contributed by atoms with Crippen LogP contribution >= 0.6 is 0 Å². The van der Waals surface area contributed by atoms with Gasteiger partial charge in [0.05, 0.1) is 0 Å². The number of anilines is 2. The molecule has 1 unspecified atom stereocenters. The van der Waals surface area contributed by atoms with E-state index in [-0.39, 0.29) is 12.0 Å². The third-order valence-electron chi connectivity index (χ3n) is 2.34. The summed E-state index contributed by atoms with van der Waals surface area (Å²) in [6.07, 6.45) is 4.38. The van der Waals surface area contributed by atoms with E-state index in [1.807, 2.05) is 6.92 Å². The second kappa shape index (κ2) is 4.77. The maximum absolute atomic E-state index is 5.64. The molecule has 7 nitrogen and oxygen atoms in total. The van der Waals surface area contributed by atoms with Crippen LogP contribution in [-0.2, 0) is 0 Å². The molecular formula is C10H15N7. The second-order valence-corrected chi connectivity index (χ2v) is 3.72. The van der Waals surface area contributed by atoms with Gasteiger partial charge in [0.15, 0.2) is 0 Å². The summed E-state index contributed by atoms with van der Waals surface area (Å²) in [5.41, 5.74) is 5.64. The van der Waals surface area contributed by atoms with Gasteiger partial charge in [0.25, 0.3) is 5.95 Å². The molecule has 2 aromatic rings. The van der Waals surface area contributed by atoms with Gasteiger partial charge in [0.2, 0.25) is 11.9 Å². The minimum absolute atomic E-state index is 0.177. The van der Waals surface area contributed by atoms with Gasteiger partial charge in [-0.2, -0.15) is 20.1 Å². The summed E-state index contributed by atoms with van der Waals surface area (Å²) in [5, 5.41) is 7.20. The van der Waals surface area contributed by atoms with Gasteiger partial charge in [-0.15, -0.1) is 0 Å². The van der Waals surface area contributed by atoms with Gasteiger partial charge >= 0.3 is 0 Å². The van der Waals surface area contributed by atoms with Gasteiger partial charge in [0.1, 0.15) is 0 Å². The molecule has 2 aromatic heterocycles. The SMILES string of the molecule is CCC(C)Nc1nc(N)nc(-n2cccn2)n1. The van der Waals surface area contributed by atoms with Crippen LogP contribution < -0.4 is 11.1 Å². The van der Waals surface area contributed by atoms with Crippen LogP contribution in [0.5, 0.6) is 0 Å². The Morgan fingerprint density at radius 2 is 2.24 bits per heavy atom. The Labute approximate surface area is 99.1 Å². The average Bonchev–Trinajstić information content (AvgIpc) is 2.81. The van der Waals surface area contributed by atoms with Crippen molar-refractivity contribution in [2.75, 3.05) is 11.1 Å². The number of nitrogens with one attached hydrogen (secondary N) is 1. The number of nitrogens with two attached hydrogens (primary N) is 1. The lowest BCUT2D eigenvalue weighted by atomic mass is 10.3. The smallest absolute Gasteiger partial charge is 0.257 e. The van der Waals surface area contributed by atoms with Crippen LogP contribution in [0.25, 0.3) is 5.95 Å². The zero-order valence-corrected chi connectivity index (χ0v) is 9.83. The molecule has 2 heterocycles. The Kier molecular flexibility index (Phi) is 3.17. The highest BCUT2D eigenvalue weighted by Gasteiger charge is 2.08. The normalized spacial score (nSPS) is 12.4. The molecule has 0 spiro atoms. The van der Waals surface area contributed by atoms with Crippen LogP contribution in [0, 0.1) is 0 Å². The zero-order valence-electron chi connectivity index (χ0n) is 9.83. The predicted molar refractivity (Wildman–Crippen MR) is 64.7 cm³/mol. The summed E-state index contributed by atoms with van der Waals surface area (Å²) in [4.78, 5) is 12.3. The highest BCUT2D eigenvalue weighted by Crippen LogP contribution is 2.08. The van der Waals surface area contributed by atoms with Crippen LogP contribution in [0.3, 0.4) is 0 Å². The molecule has 0 saturated heterocycles. The Balaban J connectivity index is 2.30. The number of aromatic nitrogens is 5. The average molecular weight is 233 g/mol. The van der Waals surface area contributed by atoms with E-state index in [2.05, 4.69) is 32.3 Å². The van der Waals surface area contributed by atoms with Gasteiger partial charge in [0, 0.05) is 18.4 Å². The molecule has 0 fully saturated rings. The van der Waals surface area contributed by atoms with Gasteiger partial charge in [-0.1, -0.05) is 6.92 Å². The molecule has 3 N–H and O–H groups in total. The zero-order chi connectivity index (χ0) is 12.3. The third kappa shape index (κ3) is 2.68. The van der Waals surface area contributed by atoms with Crippen molar-refractivity contribution in [2.45, 2.75) is 26.3 Å². The van der Waals surface area contributed by atoms with Gasteiger partial charge in [-0.05, 0) is 19.4 Å². The van der Waals surface area contributed by atoms with E-state index in [4.69, 9.17) is 5.73 Å². The lowest BCUT2D eigenvalue weighted by Gasteiger charge is -2.11. The molecule has 0 radical (unpaired) electrons. The minimum atomic E-state index is 0.177. The van der Waals surface area contributed by atoms with Crippen molar-refractivity contribution in [1.29, 1.82) is 0 Å². The van der Waals surface area contributed by atoms with Crippen molar-refractivity contribution in [3.63, 3.8) is 0 Å². The first-order valence-electron chi connectivity index (χ1n) is 5.47. The topological polar surface area (TPSA) is 94.5 Å². The maximum Gasteiger partial charge on any atom is 0.257 e. The number of rotatable bonds is 4. The van der Waals surface area contributed by atoms with E-state index >= 15 is 0 Å². The van der Waals surface area contributed by atoms with E-state index in [1.54, 1.807) is 23.1 Å². The fourth-order valence-corrected chi connectivity index (χ4v) is 1.26. The molecule has 0 amide bonds. The lowest BCUT2D eigenvalue weighted by Crippen LogP contribution is -2.18. The molecule has 0 bridgehead atoms. The third-order valence-corrected chi connectivity index (χ3v) is 2.34. The van der Waals surface area contributed by atoms with Crippen molar-refractivity contribution in [2.24, 2.45) is 0 Å². The standard InChI is InChI=1S/C10H15N7/c1-3-7(2)13-9-14-8(11)15-10(16-9)17-6-4-5-12-17/h4-7H,3H2,1-2H3,(H3,11,13,14,15,16). The van der Waals surface area contributed by atoms with Crippen molar-refractivity contribution in [3.05, 3.63) is 18.5 Å². The number of hydrogen-bond acceptors (Lipinski definition) is 6. The number of nitrogens with zero attached hydrogens (tertiary/aromatic N) is 5. The summed E-state index contributed by atoms with van der Waals surface area (Å²) in [6.45, 7) is 4.13. The quantitative estimate of drug-likeness (QED) is 0.813. The highest BCUT2D eigenvalue weighted by molar-refractivity contribution is 5.35. The highest BCUT2D eigenvalue weighted by atomic mass is 15.4. The van der Waals surface area contributed by atoms with Crippen LogP contribution in [0.4, 0.5) is 11.9 Å². The van der Waals surface area contributed by atoms with E-state index in [0.717, 1.165) is 6.42 Å². The molecule has 2 rings (SSSR count). The Morgan fingerprint density at radius 3 is 2.88 bits per heavy atom. The van der Waals surface area contributed by atoms with E-state index in [9.17, 15) is 0 Å². The van der Waals surface area contributed by atoms with Crippen LogP contribution in [-0.4, -0.2) is 30.8 Å². The first-order valence-corrected chi connectivity index (χ1v) is 5.47. The molecular weight excluding hydrogens is 218 g/mol. The minimum Gasteiger partial charge on any atom is -0.368 e. The first kappa shape index (κ1) is 11.3. The summed E-state index contributed by atoms with van der Waals surface area (Å²) in [6, 6.07) is 2.07. The lowest BCUT2D eigenvalue weighted by molar-refractivity contribution is 0.741. The largest absolute Gasteiger partial charge is 0.368 e. The van der Waals surface area contributed by atoms with Crippen LogP contribution in [0.1, 0.15) is 20.3 Å². The molecule has 7 heteroatoms. The maximum atomic E-state index is 5.64. The fourth-order valence-electron chi connectivity index (χ4n) is 1.26. The van der Waals surface area contributed by atoms with Gasteiger partial charge < -0.3 is 11.1 Å². The molecule has 0 aliphatic heterocycles. The summed E-state index contributed by atoms with van der Waals surface area (Å²) < 4.78 is 1.54. The van der Waals surface area contributed by atoms with E-state index in [0.29, 0.717) is 11.9 Å². The molecule has 0 saturated carbocycles. The molecule has 0 aliphatic rings. The summed E-state index contributed by atoms with van der Waals surface area (Å²) >= 11 is 0. The van der Waals surface area contributed by atoms with Crippen molar-refractivity contribution < 1.29 is 0 Å². The molecule has 1 atom stereocenters. The van der Waals surface area contributed by atoms with Crippen molar-refractivity contribution in [3.8, 4) is 5.95 Å². The van der Waals surface area contributed by atoms with Gasteiger partial charge in [-0.3, -0.25) is 0 Å². The first-order chi connectivity index (χ1) is 8.19. The predicted octanol–water partition coefficient (Wildman–Crippen LogP) is 0.850. The number of hydrogen-bond donors (Lipinski definition) is 2. The summed E-state index contributed by atoms with van der Waals surface area (Å²) in [7, 11) is 0.